The Hall–Kier alpha value is -3.01. The fourth-order valence-electron chi connectivity index (χ4n) is 3.08. The molecule has 0 radical (unpaired) electrons. The van der Waals surface area contributed by atoms with Crippen molar-refractivity contribution in [2.75, 3.05) is 17.1 Å². The van der Waals surface area contributed by atoms with Crippen LogP contribution in [0.4, 0.5) is 14.5 Å². The second kappa shape index (κ2) is 11.2. The normalized spacial score (nSPS) is 13.2. The Morgan fingerprint density at radius 3 is 2.18 bits per heavy atom. The lowest BCUT2D eigenvalue weighted by Crippen LogP contribution is -2.52. The van der Waals surface area contributed by atoms with Crippen LogP contribution in [-0.4, -0.2) is 50.0 Å². The third-order valence-corrected chi connectivity index (χ3v) is 6.40. The fourth-order valence-corrected chi connectivity index (χ4v) is 3.93. The molecule has 2 rings (SSSR count). The molecule has 2 aromatic carbocycles. The van der Waals surface area contributed by atoms with E-state index in [1.165, 1.54) is 37.3 Å². The van der Waals surface area contributed by atoms with Gasteiger partial charge in [0.05, 0.1) is 11.9 Å². The first kappa shape index (κ1) is 26.2. The first-order valence-corrected chi connectivity index (χ1v) is 12.3. The zero-order chi connectivity index (χ0) is 24.8. The molecule has 2 aromatic rings. The van der Waals surface area contributed by atoms with Crippen molar-refractivity contribution in [3.63, 3.8) is 0 Å². The molecule has 0 bridgehead atoms. The molecule has 0 saturated heterocycles. The summed E-state index contributed by atoms with van der Waals surface area (Å²) in [6.07, 6.45) is 1.59. The largest absolute Gasteiger partial charge is 0.352 e. The van der Waals surface area contributed by atoms with Gasteiger partial charge in [-0.25, -0.2) is 17.2 Å². The molecule has 0 aromatic heterocycles. The Bertz CT molecular complexity index is 1080. The second-order valence-electron chi connectivity index (χ2n) is 7.85. The molecule has 0 spiro atoms. The van der Waals surface area contributed by atoms with Crippen molar-refractivity contribution in [1.82, 2.24) is 10.2 Å². The third kappa shape index (κ3) is 7.24. The predicted octanol–water partition coefficient (Wildman–Crippen LogP) is 3.06. The summed E-state index contributed by atoms with van der Waals surface area (Å²) in [5.74, 6) is -2.26. The second-order valence-corrected chi connectivity index (χ2v) is 9.76. The van der Waals surface area contributed by atoms with E-state index in [-0.39, 0.29) is 23.8 Å². The standard InChI is InChI=1S/C23H29F2N3O4S/c1-5-16(2)26-23(30)17(3)27(14-18-8-6-7-9-21(18)25)22(29)15-28(33(4,31)32)20-12-10-19(24)11-13-20/h6-13,16-17H,5,14-15H2,1-4H3,(H,26,30)/t16-,17-/m0/s1. The summed E-state index contributed by atoms with van der Waals surface area (Å²) in [6.45, 7) is 4.33. The number of carbonyl (C=O) groups excluding carboxylic acids is 2. The summed E-state index contributed by atoms with van der Waals surface area (Å²) < 4.78 is 53.3. The number of amides is 2. The quantitative estimate of drug-likeness (QED) is 0.565. The number of hydrogen-bond acceptors (Lipinski definition) is 4. The van der Waals surface area contributed by atoms with Crippen molar-refractivity contribution in [2.45, 2.75) is 45.8 Å². The molecule has 2 atom stereocenters. The molecule has 0 heterocycles. The Morgan fingerprint density at radius 1 is 1.03 bits per heavy atom. The molecular weight excluding hydrogens is 452 g/mol. The smallest absolute Gasteiger partial charge is 0.244 e. The van der Waals surface area contributed by atoms with Crippen LogP contribution in [-0.2, 0) is 26.2 Å². The summed E-state index contributed by atoms with van der Waals surface area (Å²) in [7, 11) is -3.92. The minimum Gasteiger partial charge on any atom is -0.352 e. The van der Waals surface area contributed by atoms with Crippen molar-refractivity contribution in [1.29, 1.82) is 0 Å². The SMILES string of the molecule is CC[C@H](C)NC(=O)[C@H](C)N(Cc1ccccc1F)C(=O)CN(c1ccc(F)cc1)S(C)(=O)=O. The van der Waals surface area contributed by atoms with Gasteiger partial charge in [-0.2, -0.15) is 0 Å². The van der Waals surface area contributed by atoms with E-state index >= 15 is 0 Å². The summed E-state index contributed by atoms with van der Waals surface area (Å²) >= 11 is 0. The summed E-state index contributed by atoms with van der Waals surface area (Å²) in [6, 6.07) is 9.34. The highest BCUT2D eigenvalue weighted by Crippen LogP contribution is 2.20. The van der Waals surface area contributed by atoms with Gasteiger partial charge in [-0.1, -0.05) is 25.1 Å². The van der Waals surface area contributed by atoms with Gasteiger partial charge < -0.3 is 10.2 Å². The lowest BCUT2D eigenvalue weighted by molar-refractivity contribution is -0.139. The lowest BCUT2D eigenvalue weighted by Gasteiger charge is -2.32. The van der Waals surface area contributed by atoms with E-state index in [2.05, 4.69) is 5.32 Å². The highest BCUT2D eigenvalue weighted by Gasteiger charge is 2.30. The van der Waals surface area contributed by atoms with Crippen molar-refractivity contribution in [2.24, 2.45) is 0 Å². The van der Waals surface area contributed by atoms with Crippen molar-refractivity contribution >= 4 is 27.5 Å². The van der Waals surface area contributed by atoms with E-state index in [0.717, 1.165) is 27.6 Å². The molecule has 1 N–H and O–H groups in total. The lowest BCUT2D eigenvalue weighted by atomic mass is 10.1. The Labute approximate surface area is 193 Å². The van der Waals surface area contributed by atoms with E-state index in [4.69, 9.17) is 0 Å². The Kier molecular flexibility index (Phi) is 8.92. The van der Waals surface area contributed by atoms with Gasteiger partial charge in [0, 0.05) is 18.2 Å². The monoisotopic (exact) mass is 481 g/mol. The van der Waals surface area contributed by atoms with Gasteiger partial charge in [0.1, 0.15) is 24.2 Å². The number of nitrogens with one attached hydrogen (secondary N) is 1. The van der Waals surface area contributed by atoms with Crippen LogP contribution in [0.25, 0.3) is 0 Å². The molecule has 180 valence electrons. The fraction of sp³-hybridized carbons (Fsp3) is 0.391. The van der Waals surface area contributed by atoms with Gasteiger partial charge >= 0.3 is 0 Å². The van der Waals surface area contributed by atoms with Gasteiger partial charge in [-0.15, -0.1) is 0 Å². The van der Waals surface area contributed by atoms with Crippen LogP contribution in [0.2, 0.25) is 0 Å². The number of rotatable bonds is 10. The zero-order valence-corrected chi connectivity index (χ0v) is 19.9. The van der Waals surface area contributed by atoms with Crippen LogP contribution < -0.4 is 9.62 Å². The highest BCUT2D eigenvalue weighted by molar-refractivity contribution is 7.92. The predicted molar refractivity (Wildman–Crippen MR) is 123 cm³/mol. The van der Waals surface area contributed by atoms with Crippen molar-refractivity contribution in [3.8, 4) is 0 Å². The summed E-state index contributed by atoms with van der Waals surface area (Å²) in [5, 5.41) is 2.79. The van der Waals surface area contributed by atoms with Gasteiger partial charge in [0.15, 0.2) is 0 Å². The molecular formula is C23H29F2N3O4S. The van der Waals surface area contributed by atoms with E-state index < -0.39 is 46.1 Å². The zero-order valence-electron chi connectivity index (χ0n) is 19.1. The van der Waals surface area contributed by atoms with E-state index in [9.17, 15) is 26.8 Å². The number of sulfonamides is 1. The number of hydrogen-bond donors (Lipinski definition) is 1. The Morgan fingerprint density at radius 2 is 1.64 bits per heavy atom. The number of benzene rings is 2. The molecule has 2 amide bonds. The molecule has 7 nitrogen and oxygen atoms in total. The molecule has 0 aliphatic carbocycles. The van der Waals surface area contributed by atoms with E-state index in [1.54, 1.807) is 6.07 Å². The van der Waals surface area contributed by atoms with E-state index in [1.807, 2.05) is 13.8 Å². The van der Waals surface area contributed by atoms with Crippen LogP contribution in [0.15, 0.2) is 48.5 Å². The topological polar surface area (TPSA) is 86.8 Å². The first-order valence-electron chi connectivity index (χ1n) is 10.5. The maximum Gasteiger partial charge on any atom is 0.244 e. The molecule has 0 unspecified atom stereocenters. The number of halogens is 2. The average Bonchev–Trinajstić information content (AvgIpc) is 2.76. The number of anilines is 1. The van der Waals surface area contributed by atoms with Crippen LogP contribution >= 0.6 is 0 Å². The summed E-state index contributed by atoms with van der Waals surface area (Å²) in [4.78, 5) is 27.2. The number of nitrogens with zero attached hydrogens (tertiary/aromatic N) is 2. The maximum absolute atomic E-state index is 14.3. The molecule has 0 aliphatic rings. The van der Waals surface area contributed by atoms with Crippen LogP contribution in [0, 0.1) is 11.6 Å². The minimum absolute atomic E-state index is 0.0924. The number of carbonyl (C=O) groups is 2. The Balaban J connectivity index is 2.39. The van der Waals surface area contributed by atoms with Crippen molar-refractivity contribution < 1.29 is 26.8 Å². The molecule has 10 heteroatoms. The van der Waals surface area contributed by atoms with Gasteiger partial charge in [-0.3, -0.25) is 13.9 Å². The van der Waals surface area contributed by atoms with Crippen molar-refractivity contribution in [3.05, 3.63) is 65.7 Å². The van der Waals surface area contributed by atoms with Crippen LogP contribution in [0.3, 0.4) is 0 Å². The maximum atomic E-state index is 14.3. The minimum atomic E-state index is -3.92. The van der Waals surface area contributed by atoms with Gasteiger partial charge in [-0.05, 0) is 50.6 Å². The third-order valence-electron chi connectivity index (χ3n) is 5.26. The van der Waals surface area contributed by atoms with Gasteiger partial charge in [0.25, 0.3) is 0 Å². The van der Waals surface area contributed by atoms with E-state index in [0.29, 0.717) is 6.42 Å². The van der Waals surface area contributed by atoms with Gasteiger partial charge in [0.2, 0.25) is 21.8 Å². The van der Waals surface area contributed by atoms with Crippen LogP contribution in [0.5, 0.6) is 0 Å². The van der Waals surface area contributed by atoms with Crippen LogP contribution in [0.1, 0.15) is 32.8 Å². The molecule has 0 aliphatic heterocycles. The summed E-state index contributed by atoms with van der Waals surface area (Å²) in [5.41, 5.74) is 0.275. The molecule has 0 saturated carbocycles. The first-order chi connectivity index (χ1) is 15.4. The molecule has 0 fully saturated rings. The average molecular weight is 482 g/mol. The highest BCUT2D eigenvalue weighted by atomic mass is 32.2. The molecule has 33 heavy (non-hydrogen) atoms.